The topological polar surface area (TPSA) is 35.5 Å². The molecule has 0 N–H and O–H groups in total. The van der Waals surface area contributed by atoms with Crippen molar-refractivity contribution >= 4 is 11.5 Å². The first-order valence-electron chi connectivity index (χ1n) is 8.36. The summed E-state index contributed by atoms with van der Waals surface area (Å²) in [4.78, 5) is 11.9. The maximum Gasteiger partial charge on any atom is 0.331 e. The van der Waals surface area contributed by atoms with E-state index in [0.29, 0.717) is 19.1 Å². The molecule has 0 aliphatic heterocycles. The van der Waals surface area contributed by atoms with Gasteiger partial charge in [0.05, 0.1) is 13.2 Å². The lowest BCUT2D eigenvalue weighted by Gasteiger charge is -2.25. The molecule has 2 rings (SSSR count). The number of hydrogen-bond acceptors (Lipinski definition) is 3. The molecule has 1 aliphatic rings. The van der Waals surface area contributed by atoms with Gasteiger partial charge in [-0.3, -0.25) is 0 Å². The third-order valence-corrected chi connectivity index (χ3v) is 4.10. The van der Waals surface area contributed by atoms with E-state index >= 15 is 0 Å². The van der Waals surface area contributed by atoms with Crippen LogP contribution < -0.4 is 4.74 Å². The quantitative estimate of drug-likeness (QED) is 0.568. The zero-order valence-corrected chi connectivity index (χ0v) is 13.6. The predicted octanol–water partition coefficient (Wildman–Crippen LogP) is 4.61. The third-order valence-electron chi connectivity index (χ3n) is 4.10. The second-order valence-corrected chi connectivity index (χ2v) is 5.64. The molecular weight excluding hydrogens is 276 g/mol. The first-order valence-corrected chi connectivity index (χ1v) is 8.36. The van der Waals surface area contributed by atoms with Gasteiger partial charge < -0.3 is 9.47 Å². The Balaban J connectivity index is 2.24. The Kier molecular flexibility index (Phi) is 6.50. The first kappa shape index (κ1) is 16.6. The molecule has 22 heavy (non-hydrogen) atoms. The normalized spacial score (nSPS) is 16.4. The number of carbonyl (C=O) groups excluding carboxylic acids is 1. The molecule has 0 amide bonds. The van der Waals surface area contributed by atoms with E-state index in [0.717, 1.165) is 29.7 Å². The number of hydrogen-bond donors (Lipinski definition) is 0. The summed E-state index contributed by atoms with van der Waals surface area (Å²) in [6.45, 7) is 4.88. The van der Waals surface area contributed by atoms with Crippen molar-refractivity contribution in [1.82, 2.24) is 0 Å². The molecule has 1 aliphatic carbocycles. The number of ether oxygens (including phenoxy) is 2. The Morgan fingerprint density at radius 1 is 1.09 bits per heavy atom. The van der Waals surface area contributed by atoms with Crippen LogP contribution in [0.4, 0.5) is 0 Å². The molecular formula is C19H26O3. The van der Waals surface area contributed by atoms with Crippen LogP contribution in [0.3, 0.4) is 0 Å². The Labute approximate surface area is 133 Å². The van der Waals surface area contributed by atoms with E-state index in [1.807, 2.05) is 38.1 Å². The molecule has 0 saturated heterocycles. The number of rotatable bonds is 6. The molecule has 3 heteroatoms. The summed E-state index contributed by atoms with van der Waals surface area (Å²) in [5.41, 5.74) is 2.21. The average molecular weight is 302 g/mol. The summed E-state index contributed by atoms with van der Waals surface area (Å²) < 4.78 is 10.6. The second kappa shape index (κ2) is 8.62. The van der Waals surface area contributed by atoms with E-state index in [-0.39, 0.29) is 5.97 Å². The number of esters is 1. The van der Waals surface area contributed by atoms with Crippen molar-refractivity contribution in [3.63, 3.8) is 0 Å². The number of benzene rings is 1. The average Bonchev–Trinajstić information content (AvgIpc) is 2.55. The van der Waals surface area contributed by atoms with E-state index in [9.17, 15) is 4.79 Å². The van der Waals surface area contributed by atoms with Gasteiger partial charge in [-0.1, -0.05) is 31.4 Å². The molecule has 0 aromatic heterocycles. The van der Waals surface area contributed by atoms with Gasteiger partial charge in [-0.25, -0.2) is 4.79 Å². The highest BCUT2D eigenvalue weighted by Gasteiger charge is 2.20. The predicted molar refractivity (Wildman–Crippen MR) is 88.8 cm³/mol. The van der Waals surface area contributed by atoms with Crippen LogP contribution in [0.25, 0.3) is 5.57 Å². The molecule has 0 unspecified atom stereocenters. The maximum atomic E-state index is 11.9. The Morgan fingerprint density at radius 3 is 2.36 bits per heavy atom. The molecule has 3 nitrogen and oxygen atoms in total. The molecule has 0 atom stereocenters. The molecule has 1 aromatic carbocycles. The standard InChI is InChI=1S/C19H26O3/c1-3-21-17-12-10-16(11-13-17)18(14-19(20)22-4-2)15-8-6-5-7-9-15/h10-15H,3-9H2,1-2H3. The van der Waals surface area contributed by atoms with Crippen LogP contribution in [-0.4, -0.2) is 19.2 Å². The van der Waals surface area contributed by atoms with Gasteiger partial charge in [-0.2, -0.15) is 0 Å². The minimum Gasteiger partial charge on any atom is -0.494 e. The van der Waals surface area contributed by atoms with E-state index < -0.39 is 0 Å². The summed E-state index contributed by atoms with van der Waals surface area (Å²) in [6, 6.07) is 8.04. The maximum absolute atomic E-state index is 11.9. The van der Waals surface area contributed by atoms with Gasteiger partial charge >= 0.3 is 5.97 Å². The van der Waals surface area contributed by atoms with Crippen molar-refractivity contribution in [3.05, 3.63) is 35.9 Å². The van der Waals surface area contributed by atoms with E-state index in [2.05, 4.69) is 0 Å². The minimum absolute atomic E-state index is 0.239. The van der Waals surface area contributed by atoms with Crippen LogP contribution in [0, 0.1) is 5.92 Å². The fourth-order valence-electron chi connectivity index (χ4n) is 3.07. The van der Waals surface area contributed by atoms with Gasteiger partial charge in [0.2, 0.25) is 0 Å². The van der Waals surface area contributed by atoms with E-state index in [1.165, 1.54) is 19.3 Å². The second-order valence-electron chi connectivity index (χ2n) is 5.64. The van der Waals surface area contributed by atoms with Crippen molar-refractivity contribution in [2.45, 2.75) is 46.0 Å². The van der Waals surface area contributed by atoms with Crippen molar-refractivity contribution < 1.29 is 14.3 Å². The highest BCUT2D eigenvalue weighted by molar-refractivity contribution is 5.92. The smallest absolute Gasteiger partial charge is 0.331 e. The van der Waals surface area contributed by atoms with E-state index in [1.54, 1.807) is 6.08 Å². The van der Waals surface area contributed by atoms with Gasteiger partial charge in [0.1, 0.15) is 5.75 Å². The summed E-state index contributed by atoms with van der Waals surface area (Å²) in [7, 11) is 0. The molecule has 0 spiro atoms. The van der Waals surface area contributed by atoms with Crippen LogP contribution in [0.5, 0.6) is 5.75 Å². The van der Waals surface area contributed by atoms with Gasteiger partial charge in [-0.05, 0) is 55.9 Å². The van der Waals surface area contributed by atoms with Crippen LogP contribution in [0.15, 0.2) is 30.3 Å². The van der Waals surface area contributed by atoms with Crippen LogP contribution >= 0.6 is 0 Å². The highest BCUT2D eigenvalue weighted by atomic mass is 16.5. The molecule has 1 aromatic rings. The molecule has 120 valence electrons. The lowest BCUT2D eigenvalue weighted by atomic mass is 9.81. The Bertz CT molecular complexity index is 496. The monoisotopic (exact) mass is 302 g/mol. The summed E-state index contributed by atoms with van der Waals surface area (Å²) in [6.07, 6.45) is 7.77. The lowest BCUT2D eigenvalue weighted by Crippen LogP contribution is -2.11. The molecule has 1 saturated carbocycles. The lowest BCUT2D eigenvalue weighted by molar-refractivity contribution is -0.137. The van der Waals surface area contributed by atoms with Gasteiger partial charge in [0.25, 0.3) is 0 Å². The molecule has 0 bridgehead atoms. The minimum atomic E-state index is -0.239. The molecule has 0 heterocycles. The van der Waals surface area contributed by atoms with Gasteiger partial charge in [-0.15, -0.1) is 0 Å². The van der Waals surface area contributed by atoms with Crippen molar-refractivity contribution in [2.75, 3.05) is 13.2 Å². The number of carbonyl (C=O) groups is 1. The summed E-state index contributed by atoms with van der Waals surface area (Å²) >= 11 is 0. The van der Waals surface area contributed by atoms with Gasteiger partial charge in [0.15, 0.2) is 0 Å². The van der Waals surface area contributed by atoms with Crippen molar-refractivity contribution in [1.29, 1.82) is 0 Å². The van der Waals surface area contributed by atoms with E-state index in [4.69, 9.17) is 9.47 Å². The highest BCUT2D eigenvalue weighted by Crippen LogP contribution is 2.35. The Hall–Kier alpha value is -1.77. The fourth-order valence-corrected chi connectivity index (χ4v) is 3.07. The Morgan fingerprint density at radius 2 is 1.77 bits per heavy atom. The fraction of sp³-hybridized carbons (Fsp3) is 0.526. The van der Waals surface area contributed by atoms with Crippen LogP contribution in [0.1, 0.15) is 51.5 Å². The first-order chi connectivity index (χ1) is 10.7. The largest absolute Gasteiger partial charge is 0.494 e. The molecule has 0 radical (unpaired) electrons. The van der Waals surface area contributed by atoms with Crippen molar-refractivity contribution in [2.24, 2.45) is 5.92 Å². The summed E-state index contributed by atoms with van der Waals surface area (Å²) in [5, 5.41) is 0. The van der Waals surface area contributed by atoms with Crippen LogP contribution in [0.2, 0.25) is 0 Å². The zero-order chi connectivity index (χ0) is 15.8. The SMILES string of the molecule is CCOC(=O)C=C(c1ccc(OCC)cc1)C1CCCCC1. The zero-order valence-electron chi connectivity index (χ0n) is 13.6. The van der Waals surface area contributed by atoms with Crippen molar-refractivity contribution in [3.8, 4) is 5.75 Å². The number of allylic oxidation sites excluding steroid dienone is 1. The van der Waals surface area contributed by atoms with Gasteiger partial charge in [0, 0.05) is 6.08 Å². The summed E-state index contributed by atoms with van der Waals surface area (Å²) in [5.74, 6) is 1.08. The van der Waals surface area contributed by atoms with Crippen LogP contribution in [-0.2, 0) is 9.53 Å². The molecule has 1 fully saturated rings. The third kappa shape index (κ3) is 4.62.